The number of hydrogen-bond acceptors (Lipinski definition) is 3. The fraction of sp³-hybridized carbons (Fsp3) is 0.417. The minimum Gasteiger partial charge on any atom is -0.354 e. The predicted octanol–water partition coefficient (Wildman–Crippen LogP) is 5.22. The molecule has 0 heterocycles. The Kier molecular flexibility index (Phi) is 10.2. The van der Waals surface area contributed by atoms with E-state index in [9.17, 15) is 9.59 Å². The van der Waals surface area contributed by atoms with E-state index in [1.54, 1.807) is 35.7 Å². The minimum absolute atomic E-state index is 0.0415. The molecule has 0 aromatic heterocycles. The maximum Gasteiger partial charge on any atom is 0.242 e. The second kappa shape index (κ2) is 12.7. The van der Waals surface area contributed by atoms with Gasteiger partial charge in [0.2, 0.25) is 11.8 Å². The van der Waals surface area contributed by atoms with Crippen LogP contribution in [0.5, 0.6) is 0 Å². The molecule has 6 heteroatoms. The lowest BCUT2D eigenvalue weighted by molar-refractivity contribution is -0.138. The number of halogens is 1. The van der Waals surface area contributed by atoms with Gasteiger partial charge in [-0.05, 0) is 43.5 Å². The third kappa shape index (κ3) is 8.04. The third-order valence-corrected chi connectivity index (χ3v) is 6.12. The highest BCUT2D eigenvalue weighted by atomic mass is 35.5. The lowest BCUT2D eigenvalue weighted by Gasteiger charge is -2.29. The van der Waals surface area contributed by atoms with Crippen molar-refractivity contribution in [2.75, 3.05) is 12.3 Å². The molecule has 0 saturated heterocycles. The van der Waals surface area contributed by atoms with E-state index in [-0.39, 0.29) is 11.8 Å². The van der Waals surface area contributed by atoms with E-state index < -0.39 is 6.04 Å². The maximum absolute atomic E-state index is 13.0. The zero-order valence-corrected chi connectivity index (χ0v) is 19.6. The first kappa shape index (κ1) is 24.3. The second-order valence-electron chi connectivity index (χ2n) is 7.45. The van der Waals surface area contributed by atoms with Crippen LogP contribution in [0.1, 0.15) is 43.4 Å². The van der Waals surface area contributed by atoms with Crippen LogP contribution in [0.25, 0.3) is 0 Å². The molecular weight excluding hydrogens is 416 g/mol. The Balaban J connectivity index is 2.02. The zero-order valence-electron chi connectivity index (χ0n) is 18.0. The number of nitrogens with one attached hydrogen (secondary N) is 1. The van der Waals surface area contributed by atoms with Crippen LogP contribution in [0, 0.1) is 6.92 Å². The number of carbonyl (C=O) groups is 2. The lowest BCUT2D eigenvalue weighted by atomic mass is 10.1. The summed E-state index contributed by atoms with van der Waals surface area (Å²) in [7, 11) is 0. The van der Waals surface area contributed by atoms with Crippen LogP contribution in [0.4, 0.5) is 0 Å². The van der Waals surface area contributed by atoms with Crippen LogP contribution in [-0.4, -0.2) is 35.1 Å². The number of nitrogens with zero attached hydrogens (tertiary/aromatic N) is 1. The maximum atomic E-state index is 13.0. The number of thioether (sulfide) groups is 1. The SMILES string of the molecule is CCCCNC(=O)C(C)N(Cc1ccc(Cl)cc1)C(=O)CSCc1ccc(C)cc1. The molecule has 0 radical (unpaired) electrons. The summed E-state index contributed by atoms with van der Waals surface area (Å²) < 4.78 is 0. The van der Waals surface area contributed by atoms with Crippen LogP contribution >= 0.6 is 23.4 Å². The third-order valence-electron chi connectivity index (χ3n) is 4.88. The van der Waals surface area contributed by atoms with Crippen LogP contribution in [0.3, 0.4) is 0 Å². The van der Waals surface area contributed by atoms with Gasteiger partial charge in [-0.25, -0.2) is 0 Å². The van der Waals surface area contributed by atoms with Crippen molar-refractivity contribution >= 4 is 35.2 Å². The molecule has 0 fully saturated rings. The van der Waals surface area contributed by atoms with E-state index in [2.05, 4.69) is 43.4 Å². The van der Waals surface area contributed by atoms with Gasteiger partial charge in [0, 0.05) is 23.9 Å². The average Bonchev–Trinajstić information content (AvgIpc) is 2.74. The smallest absolute Gasteiger partial charge is 0.242 e. The van der Waals surface area contributed by atoms with E-state index >= 15 is 0 Å². The molecule has 2 rings (SSSR count). The fourth-order valence-electron chi connectivity index (χ4n) is 2.93. The van der Waals surface area contributed by atoms with Crippen molar-refractivity contribution in [3.05, 3.63) is 70.2 Å². The van der Waals surface area contributed by atoms with Crippen LogP contribution < -0.4 is 5.32 Å². The predicted molar refractivity (Wildman–Crippen MR) is 127 cm³/mol. The van der Waals surface area contributed by atoms with Gasteiger partial charge in [0.05, 0.1) is 5.75 Å². The summed E-state index contributed by atoms with van der Waals surface area (Å²) in [5.74, 6) is 0.931. The molecule has 1 unspecified atom stereocenters. The first-order valence-electron chi connectivity index (χ1n) is 10.4. The Morgan fingerprint density at radius 2 is 1.70 bits per heavy atom. The molecule has 2 aromatic rings. The van der Waals surface area contributed by atoms with Crippen LogP contribution in [-0.2, 0) is 21.9 Å². The van der Waals surface area contributed by atoms with Gasteiger partial charge in [-0.3, -0.25) is 9.59 Å². The first-order chi connectivity index (χ1) is 14.4. The topological polar surface area (TPSA) is 49.4 Å². The number of rotatable bonds is 11. The Labute approximate surface area is 189 Å². The largest absolute Gasteiger partial charge is 0.354 e. The molecule has 162 valence electrons. The Morgan fingerprint density at radius 3 is 2.33 bits per heavy atom. The average molecular weight is 447 g/mol. The molecule has 0 aliphatic heterocycles. The van der Waals surface area contributed by atoms with Gasteiger partial charge in [0.1, 0.15) is 6.04 Å². The van der Waals surface area contributed by atoms with Gasteiger partial charge in [0.15, 0.2) is 0 Å². The van der Waals surface area contributed by atoms with Crippen molar-refractivity contribution < 1.29 is 9.59 Å². The number of hydrogen-bond donors (Lipinski definition) is 1. The quantitative estimate of drug-likeness (QED) is 0.481. The molecule has 0 aliphatic rings. The van der Waals surface area contributed by atoms with Crippen molar-refractivity contribution in [1.29, 1.82) is 0 Å². The summed E-state index contributed by atoms with van der Waals surface area (Å²) in [6.45, 7) is 6.94. The van der Waals surface area contributed by atoms with Gasteiger partial charge in [-0.1, -0.05) is 66.9 Å². The number of carbonyl (C=O) groups excluding carboxylic acids is 2. The van der Waals surface area contributed by atoms with E-state index in [1.165, 1.54) is 11.1 Å². The molecule has 0 spiro atoms. The molecule has 1 N–H and O–H groups in total. The Hall–Kier alpha value is -1.98. The monoisotopic (exact) mass is 446 g/mol. The summed E-state index contributed by atoms with van der Waals surface area (Å²) in [5, 5.41) is 3.59. The van der Waals surface area contributed by atoms with Crippen molar-refractivity contribution in [1.82, 2.24) is 10.2 Å². The highest BCUT2D eigenvalue weighted by Crippen LogP contribution is 2.17. The highest BCUT2D eigenvalue weighted by Gasteiger charge is 2.25. The second-order valence-corrected chi connectivity index (χ2v) is 8.87. The van der Waals surface area contributed by atoms with E-state index in [4.69, 9.17) is 11.6 Å². The number of aryl methyl sites for hydroxylation is 1. The standard InChI is InChI=1S/C24H31ClN2O2S/c1-4-5-14-26-24(29)19(3)27(15-20-10-12-22(25)13-11-20)23(28)17-30-16-21-8-6-18(2)7-9-21/h6-13,19H,4-5,14-17H2,1-3H3,(H,26,29). The summed E-state index contributed by atoms with van der Waals surface area (Å²) in [5.41, 5.74) is 3.36. The summed E-state index contributed by atoms with van der Waals surface area (Å²) in [4.78, 5) is 27.3. The number of amides is 2. The first-order valence-corrected chi connectivity index (χ1v) is 11.9. The molecule has 2 aromatic carbocycles. The summed E-state index contributed by atoms with van der Waals surface area (Å²) in [6, 6.07) is 15.2. The lowest BCUT2D eigenvalue weighted by Crippen LogP contribution is -2.48. The van der Waals surface area contributed by atoms with Crippen molar-refractivity contribution in [2.24, 2.45) is 0 Å². The fourth-order valence-corrected chi connectivity index (χ4v) is 3.93. The van der Waals surface area contributed by atoms with Crippen molar-refractivity contribution in [2.45, 2.75) is 52.0 Å². The zero-order chi connectivity index (χ0) is 21.9. The molecule has 2 amide bonds. The molecule has 0 saturated carbocycles. The van der Waals surface area contributed by atoms with Crippen LogP contribution in [0.2, 0.25) is 5.02 Å². The molecule has 30 heavy (non-hydrogen) atoms. The Morgan fingerprint density at radius 1 is 1.07 bits per heavy atom. The summed E-state index contributed by atoms with van der Waals surface area (Å²) in [6.07, 6.45) is 1.94. The highest BCUT2D eigenvalue weighted by molar-refractivity contribution is 7.99. The summed E-state index contributed by atoms with van der Waals surface area (Å²) >= 11 is 7.55. The van der Waals surface area contributed by atoms with Crippen molar-refractivity contribution in [3.8, 4) is 0 Å². The van der Waals surface area contributed by atoms with Crippen molar-refractivity contribution in [3.63, 3.8) is 0 Å². The van der Waals surface area contributed by atoms with Gasteiger partial charge in [0.25, 0.3) is 0 Å². The molecule has 0 bridgehead atoms. The molecule has 0 aliphatic carbocycles. The van der Waals surface area contributed by atoms with E-state index in [0.29, 0.717) is 23.9 Å². The molecule has 4 nitrogen and oxygen atoms in total. The number of unbranched alkanes of at least 4 members (excludes halogenated alkanes) is 1. The molecule has 1 atom stereocenters. The minimum atomic E-state index is -0.537. The normalized spacial score (nSPS) is 11.7. The Bertz CT molecular complexity index is 809. The van der Waals surface area contributed by atoms with Gasteiger partial charge in [-0.15, -0.1) is 11.8 Å². The van der Waals surface area contributed by atoms with Gasteiger partial charge < -0.3 is 10.2 Å². The van der Waals surface area contributed by atoms with Gasteiger partial charge in [-0.2, -0.15) is 0 Å². The van der Waals surface area contributed by atoms with E-state index in [0.717, 1.165) is 24.2 Å². The van der Waals surface area contributed by atoms with Gasteiger partial charge >= 0.3 is 0 Å². The van der Waals surface area contributed by atoms with E-state index in [1.807, 2.05) is 12.1 Å². The number of benzene rings is 2. The molecular formula is C24H31ClN2O2S. The van der Waals surface area contributed by atoms with Crippen LogP contribution in [0.15, 0.2) is 48.5 Å².